The summed E-state index contributed by atoms with van der Waals surface area (Å²) in [4.78, 5) is 11.2. The molecule has 6 heteroatoms. The van der Waals surface area contributed by atoms with E-state index in [-0.39, 0.29) is 43.9 Å². The number of hydrogen-bond donors (Lipinski definition) is 1. The van der Waals surface area contributed by atoms with Crippen molar-refractivity contribution >= 4 is 13.1 Å². The Hall–Kier alpha value is -0.845. The van der Waals surface area contributed by atoms with E-state index in [0.717, 1.165) is 0 Å². The predicted molar refractivity (Wildman–Crippen MR) is 72.5 cm³/mol. The standard InChI is InChI=1S/C13H23BO5/c1-12(2)13(3,4)19-14(18-12)8-6-5-7-11(16)17-10-9-15/h6,8,15H,5,7,9-10H2,1-4H3/b8-6-. The van der Waals surface area contributed by atoms with Gasteiger partial charge in [0, 0.05) is 6.42 Å². The molecule has 1 heterocycles. The number of aliphatic hydroxyl groups excluding tert-OH is 1. The summed E-state index contributed by atoms with van der Waals surface area (Å²) in [5.41, 5.74) is -0.690. The highest BCUT2D eigenvalue weighted by Crippen LogP contribution is 2.36. The van der Waals surface area contributed by atoms with Gasteiger partial charge < -0.3 is 19.2 Å². The van der Waals surface area contributed by atoms with E-state index in [4.69, 9.17) is 19.2 Å². The number of ether oxygens (including phenoxy) is 1. The van der Waals surface area contributed by atoms with Crippen LogP contribution in [0.5, 0.6) is 0 Å². The first-order valence-electron chi connectivity index (χ1n) is 6.57. The van der Waals surface area contributed by atoms with Crippen molar-refractivity contribution in [1.29, 1.82) is 0 Å². The van der Waals surface area contributed by atoms with E-state index in [1.807, 2.05) is 39.7 Å². The molecule has 0 amide bonds. The average molecular weight is 270 g/mol. The number of carbonyl (C=O) groups excluding carboxylic acids is 1. The molecule has 19 heavy (non-hydrogen) atoms. The molecular formula is C13H23BO5. The second-order valence-electron chi connectivity index (χ2n) is 5.54. The molecule has 0 bridgehead atoms. The molecule has 0 aliphatic carbocycles. The Morgan fingerprint density at radius 1 is 1.26 bits per heavy atom. The molecule has 5 nitrogen and oxygen atoms in total. The van der Waals surface area contributed by atoms with E-state index in [0.29, 0.717) is 6.42 Å². The van der Waals surface area contributed by atoms with Gasteiger partial charge in [0.1, 0.15) is 6.61 Å². The monoisotopic (exact) mass is 270 g/mol. The molecule has 0 aromatic rings. The van der Waals surface area contributed by atoms with Crippen molar-refractivity contribution < 1.29 is 23.9 Å². The second-order valence-corrected chi connectivity index (χ2v) is 5.54. The summed E-state index contributed by atoms with van der Waals surface area (Å²) < 4.78 is 16.3. The lowest BCUT2D eigenvalue weighted by molar-refractivity contribution is -0.144. The van der Waals surface area contributed by atoms with Crippen molar-refractivity contribution in [3.63, 3.8) is 0 Å². The minimum absolute atomic E-state index is 0.0553. The highest BCUT2D eigenvalue weighted by Gasteiger charge is 2.49. The van der Waals surface area contributed by atoms with Gasteiger partial charge >= 0.3 is 13.1 Å². The summed E-state index contributed by atoms with van der Waals surface area (Å²) in [6.07, 6.45) is 2.70. The van der Waals surface area contributed by atoms with Crippen molar-refractivity contribution in [3.8, 4) is 0 Å². The Bertz CT molecular complexity index is 322. The van der Waals surface area contributed by atoms with Crippen LogP contribution in [0.25, 0.3) is 0 Å². The van der Waals surface area contributed by atoms with E-state index in [9.17, 15) is 4.79 Å². The molecule has 1 aliphatic heterocycles. The SMILES string of the molecule is CC1(C)OB(/C=C\CCC(=O)OCCO)OC1(C)C. The Morgan fingerprint density at radius 3 is 2.37 bits per heavy atom. The number of carbonyl (C=O) groups is 1. The summed E-state index contributed by atoms with van der Waals surface area (Å²) in [7, 11) is -0.376. The van der Waals surface area contributed by atoms with E-state index < -0.39 is 0 Å². The lowest BCUT2D eigenvalue weighted by atomic mass is 9.89. The van der Waals surface area contributed by atoms with Gasteiger partial charge in [-0.15, -0.1) is 0 Å². The Morgan fingerprint density at radius 2 is 1.84 bits per heavy atom. The van der Waals surface area contributed by atoms with E-state index in [2.05, 4.69) is 0 Å². The average Bonchev–Trinajstić information content (AvgIpc) is 2.50. The smallest absolute Gasteiger partial charge is 0.463 e. The Balaban J connectivity index is 2.30. The van der Waals surface area contributed by atoms with Gasteiger partial charge in [-0.25, -0.2) is 0 Å². The van der Waals surface area contributed by atoms with E-state index in [1.54, 1.807) is 0 Å². The van der Waals surface area contributed by atoms with Crippen LogP contribution in [0.3, 0.4) is 0 Å². The summed E-state index contributed by atoms with van der Waals surface area (Å²) in [5.74, 6) is 1.50. The molecule has 0 saturated carbocycles. The number of aliphatic hydroxyl groups is 1. The van der Waals surface area contributed by atoms with Gasteiger partial charge in [0.2, 0.25) is 0 Å². The van der Waals surface area contributed by atoms with Crippen LogP contribution in [0, 0.1) is 0 Å². The summed E-state index contributed by atoms with van der Waals surface area (Å²) in [6, 6.07) is 0. The zero-order valence-electron chi connectivity index (χ0n) is 12.1. The van der Waals surface area contributed by atoms with Crippen molar-refractivity contribution in [1.82, 2.24) is 0 Å². The fourth-order valence-electron chi connectivity index (χ4n) is 1.61. The van der Waals surface area contributed by atoms with Crippen molar-refractivity contribution in [2.45, 2.75) is 51.7 Å². The molecule has 1 rings (SSSR count). The van der Waals surface area contributed by atoms with Gasteiger partial charge in [0.15, 0.2) is 0 Å². The van der Waals surface area contributed by atoms with Gasteiger partial charge in [0.25, 0.3) is 0 Å². The maximum Gasteiger partial charge on any atom is 0.486 e. The van der Waals surface area contributed by atoms with Crippen LogP contribution in [-0.2, 0) is 18.8 Å². The zero-order chi connectivity index (χ0) is 14.5. The molecule has 1 aliphatic rings. The maximum absolute atomic E-state index is 11.2. The van der Waals surface area contributed by atoms with Gasteiger partial charge in [0.05, 0.1) is 17.8 Å². The molecule has 1 saturated heterocycles. The first-order valence-corrected chi connectivity index (χ1v) is 6.57. The molecule has 1 N–H and O–H groups in total. The molecule has 0 radical (unpaired) electrons. The van der Waals surface area contributed by atoms with Crippen molar-refractivity contribution in [3.05, 3.63) is 12.1 Å². The van der Waals surface area contributed by atoms with E-state index >= 15 is 0 Å². The molecule has 0 aromatic heterocycles. The number of allylic oxidation sites excluding steroid dienone is 1. The van der Waals surface area contributed by atoms with Crippen LogP contribution in [0.15, 0.2) is 12.1 Å². The van der Waals surface area contributed by atoms with Crippen LogP contribution in [0.1, 0.15) is 40.5 Å². The van der Waals surface area contributed by atoms with Crippen LogP contribution >= 0.6 is 0 Å². The van der Waals surface area contributed by atoms with Gasteiger partial charge in [-0.2, -0.15) is 0 Å². The minimum Gasteiger partial charge on any atom is -0.463 e. The molecule has 1 fully saturated rings. The van der Waals surface area contributed by atoms with Crippen molar-refractivity contribution in [2.24, 2.45) is 0 Å². The number of esters is 1. The predicted octanol–water partition coefficient (Wildman–Crippen LogP) is 1.49. The van der Waals surface area contributed by atoms with Gasteiger partial charge in [-0.3, -0.25) is 4.79 Å². The fourth-order valence-corrected chi connectivity index (χ4v) is 1.61. The first kappa shape index (κ1) is 16.2. The quantitative estimate of drug-likeness (QED) is 0.585. The molecule has 0 spiro atoms. The summed E-state index contributed by atoms with van der Waals surface area (Å²) in [5, 5.41) is 8.50. The normalized spacial score (nSPS) is 21.0. The lowest BCUT2D eigenvalue weighted by Gasteiger charge is -2.32. The van der Waals surface area contributed by atoms with Crippen LogP contribution in [-0.4, -0.2) is 42.6 Å². The Kier molecular flexibility index (Phi) is 5.58. The third-order valence-corrected chi connectivity index (χ3v) is 3.43. The maximum atomic E-state index is 11.2. The molecular weight excluding hydrogens is 247 g/mol. The number of rotatable bonds is 6. The van der Waals surface area contributed by atoms with Gasteiger partial charge in [-0.05, 0) is 34.1 Å². The van der Waals surface area contributed by atoms with Crippen LogP contribution < -0.4 is 0 Å². The highest BCUT2D eigenvalue weighted by molar-refractivity contribution is 6.51. The third kappa shape index (κ3) is 4.64. The van der Waals surface area contributed by atoms with Gasteiger partial charge in [-0.1, -0.05) is 12.1 Å². The fraction of sp³-hybridized carbons (Fsp3) is 0.769. The summed E-state index contributed by atoms with van der Waals surface area (Å²) >= 11 is 0. The number of hydrogen-bond acceptors (Lipinski definition) is 5. The van der Waals surface area contributed by atoms with E-state index in [1.165, 1.54) is 0 Å². The minimum atomic E-state index is -0.376. The third-order valence-electron chi connectivity index (χ3n) is 3.43. The largest absolute Gasteiger partial charge is 0.486 e. The Labute approximate surface area is 115 Å². The summed E-state index contributed by atoms with van der Waals surface area (Å²) in [6.45, 7) is 7.88. The second kappa shape index (κ2) is 6.54. The molecule has 0 atom stereocenters. The zero-order valence-corrected chi connectivity index (χ0v) is 12.1. The molecule has 0 aromatic carbocycles. The highest BCUT2D eigenvalue weighted by atomic mass is 16.7. The molecule has 108 valence electrons. The molecule has 0 unspecified atom stereocenters. The van der Waals surface area contributed by atoms with Crippen LogP contribution in [0.2, 0.25) is 0 Å². The van der Waals surface area contributed by atoms with Crippen LogP contribution in [0.4, 0.5) is 0 Å². The topological polar surface area (TPSA) is 65.0 Å². The van der Waals surface area contributed by atoms with Crippen molar-refractivity contribution in [2.75, 3.05) is 13.2 Å². The first-order chi connectivity index (χ1) is 8.78. The lowest BCUT2D eigenvalue weighted by Crippen LogP contribution is -2.41.